The Bertz CT molecular complexity index is 1140. The van der Waals surface area contributed by atoms with Gasteiger partial charge < -0.3 is 9.73 Å². The summed E-state index contributed by atoms with van der Waals surface area (Å²) in [5, 5.41) is 2.90. The average molecular weight is 439 g/mol. The molecule has 0 unspecified atom stereocenters. The van der Waals surface area contributed by atoms with E-state index in [1.807, 2.05) is 43.3 Å². The van der Waals surface area contributed by atoms with Gasteiger partial charge in [0.15, 0.2) is 0 Å². The zero-order chi connectivity index (χ0) is 21.8. The van der Waals surface area contributed by atoms with E-state index in [-0.39, 0.29) is 17.2 Å². The van der Waals surface area contributed by atoms with Crippen LogP contribution in [0.5, 0.6) is 0 Å². The molecule has 1 atom stereocenters. The molecule has 1 N–H and O–H groups in total. The highest BCUT2D eigenvalue weighted by Crippen LogP contribution is 2.36. The summed E-state index contributed by atoms with van der Waals surface area (Å²) in [6.07, 6.45) is 2.88. The molecule has 0 radical (unpaired) electrons. The van der Waals surface area contributed by atoms with Crippen molar-refractivity contribution in [1.82, 2.24) is 9.62 Å². The van der Waals surface area contributed by atoms with E-state index in [1.165, 1.54) is 4.31 Å². The van der Waals surface area contributed by atoms with Crippen molar-refractivity contribution < 1.29 is 17.6 Å². The van der Waals surface area contributed by atoms with Crippen LogP contribution >= 0.6 is 0 Å². The first kappa shape index (κ1) is 21.3. The number of carbonyl (C=O) groups excluding carboxylic acids is 1. The van der Waals surface area contributed by atoms with Crippen LogP contribution in [0.2, 0.25) is 0 Å². The standard InChI is InChI=1S/C24H26N2O4S/c1-18-8-10-21(11-9-18)31(28,29)26-15-13-19-5-2-3-7-22(19)23(26)17-24(27)25-14-12-20-6-4-16-30-20/h2-11,16,23H,12-15,17H2,1H3,(H,25,27)/t23-/m1/s1. The maximum absolute atomic E-state index is 13.5. The van der Waals surface area contributed by atoms with E-state index >= 15 is 0 Å². The third-order valence-corrected chi connectivity index (χ3v) is 7.57. The number of carbonyl (C=O) groups is 1. The Labute approximate surface area is 182 Å². The first-order chi connectivity index (χ1) is 14.9. The van der Waals surface area contributed by atoms with Gasteiger partial charge in [0, 0.05) is 25.9 Å². The van der Waals surface area contributed by atoms with E-state index in [1.54, 1.807) is 30.5 Å². The Morgan fingerprint density at radius 2 is 1.87 bits per heavy atom. The Balaban J connectivity index is 1.56. The van der Waals surface area contributed by atoms with Gasteiger partial charge in [0.25, 0.3) is 0 Å². The van der Waals surface area contributed by atoms with Gasteiger partial charge in [0.2, 0.25) is 15.9 Å². The van der Waals surface area contributed by atoms with Crippen LogP contribution in [0.3, 0.4) is 0 Å². The summed E-state index contributed by atoms with van der Waals surface area (Å²) < 4.78 is 33.7. The number of nitrogens with one attached hydrogen (secondary N) is 1. The van der Waals surface area contributed by atoms with Gasteiger partial charge in [-0.05, 0) is 48.7 Å². The van der Waals surface area contributed by atoms with Gasteiger partial charge in [-0.1, -0.05) is 42.0 Å². The molecule has 1 aliphatic rings. The van der Waals surface area contributed by atoms with Crippen molar-refractivity contribution in [3.63, 3.8) is 0 Å². The predicted octanol–water partition coefficient (Wildman–Crippen LogP) is 3.63. The molecule has 1 aliphatic heterocycles. The van der Waals surface area contributed by atoms with Crippen molar-refractivity contribution in [2.24, 2.45) is 0 Å². The van der Waals surface area contributed by atoms with E-state index in [0.29, 0.717) is 25.9 Å². The van der Waals surface area contributed by atoms with Crippen LogP contribution in [0.1, 0.15) is 34.9 Å². The Morgan fingerprint density at radius 1 is 1.10 bits per heavy atom. The second-order valence-electron chi connectivity index (χ2n) is 7.78. The Morgan fingerprint density at radius 3 is 2.61 bits per heavy atom. The summed E-state index contributed by atoms with van der Waals surface area (Å²) in [5.41, 5.74) is 2.98. The number of hydrogen-bond donors (Lipinski definition) is 1. The number of sulfonamides is 1. The van der Waals surface area contributed by atoms with Crippen LogP contribution in [-0.4, -0.2) is 31.7 Å². The SMILES string of the molecule is Cc1ccc(S(=O)(=O)N2CCc3ccccc3[C@H]2CC(=O)NCCc2ccco2)cc1. The molecule has 2 heterocycles. The Hall–Kier alpha value is -2.90. The monoisotopic (exact) mass is 438 g/mol. The summed E-state index contributed by atoms with van der Waals surface area (Å²) in [6.45, 7) is 2.70. The fraction of sp³-hybridized carbons (Fsp3) is 0.292. The van der Waals surface area contributed by atoms with Crippen LogP contribution in [0, 0.1) is 6.92 Å². The molecule has 2 aromatic carbocycles. The normalized spacial score (nSPS) is 16.6. The maximum Gasteiger partial charge on any atom is 0.243 e. The van der Waals surface area contributed by atoms with Gasteiger partial charge in [0.1, 0.15) is 5.76 Å². The van der Waals surface area contributed by atoms with Crippen LogP contribution in [-0.2, 0) is 27.7 Å². The summed E-state index contributed by atoms with van der Waals surface area (Å²) in [6, 6.07) is 17.7. The molecule has 0 saturated heterocycles. The summed E-state index contributed by atoms with van der Waals surface area (Å²) in [7, 11) is -3.73. The predicted molar refractivity (Wildman–Crippen MR) is 118 cm³/mol. The van der Waals surface area contributed by atoms with Crippen molar-refractivity contribution in [2.75, 3.05) is 13.1 Å². The minimum atomic E-state index is -3.73. The highest BCUT2D eigenvalue weighted by molar-refractivity contribution is 7.89. The van der Waals surface area contributed by atoms with E-state index in [2.05, 4.69) is 5.32 Å². The minimum absolute atomic E-state index is 0.0697. The minimum Gasteiger partial charge on any atom is -0.469 e. The van der Waals surface area contributed by atoms with Gasteiger partial charge in [-0.3, -0.25) is 4.79 Å². The number of hydrogen-bond acceptors (Lipinski definition) is 4. The largest absolute Gasteiger partial charge is 0.469 e. The number of fused-ring (bicyclic) bond motifs is 1. The first-order valence-electron chi connectivity index (χ1n) is 10.4. The molecule has 6 nitrogen and oxygen atoms in total. The molecule has 0 saturated carbocycles. The molecule has 0 fully saturated rings. The molecular formula is C24H26N2O4S. The number of nitrogens with zero attached hydrogens (tertiary/aromatic N) is 1. The average Bonchev–Trinajstić information content (AvgIpc) is 3.27. The van der Waals surface area contributed by atoms with E-state index < -0.39 is 16.1 Å². The molecule has 1 aromatic heterocycles. The molecule has 4 rings (SSSR count). The van der Waals surface area contributed by atoms with Crippen molar-refractivity contribution in [3.05, 3.63) is 89.4 Å². The zero-order valence-electron chi connectivity index (χ0n) is 17.5. The molecule has 1 amide bonds. The molecule has 0 aliphatic carbocycles. The van der Waals surface area contributed by atoms with Crippen LogP contribution in [0.4, 0.5) is 0 Å². The zero-order valence-corrected chi connectivity index (χ0v) is 18.3. The van der Waals surface area contributed by atoms with Crippen molar-refractivity contribution >= 4 is 15.9 Å². The van der Waals surface area contributed by atoms with Crippen molar-refractivity contribution in [1.29, 1.82) is 0 Å². The lowest BCUT2D eigenvalue weighted by Crippen LogP contribution is -2.42. The third-order valence-electron chi connectivity index (χ3n) is 5.64. The van der Waals surface area contributed by atoms with Crippen LogP contribution in [0.25, 0.3) is 0 Å². The van der Waals surface area contributed by atoms with Crippen LogP contribution < -0.4 is 5.32 Å². The molecule has 3 aromatic rings. The second kappa shape index (κ2) is 9.08. The molecule has 7 heteroatoms. The molecule has 162 valence electrons. The summed E-state index contributed by atoms with van der Waals surface area (Å²) in [4.78, 5) is 13.0. The van der Waals surface area contributed by atoms with Gasteiger partial charge in [0.05, 0.1) is 17.2 Å². The summed E-state index contributed by atoms with van der Waals surface area (Å²) >= 11 is 0. The number of amides is 1. The van der Waals surface area contributed by atoms with Crippen molar-refractivity contribution in [3.8, 4) is 0 Å². The molecule has 31 heavy (non-hydrogen) atoms. The Kier molecular flexibility index (Phi) is 6.25. The number of aryl methyl sites for hydroxylation is 1. The second-order valence-corrected chi connectivity index (χ2v) is 9.67. The fourth-order valence-electron chi connectivity index (χ4n) is 4.00. The fourth-order valence-corrected chi connectivity index (χ4v) is 5.61. The molecule has 0 spiro atoms. The first-order valence-corrected chi connectivity index (χ1v) is 11.8. The van der Waals surface area contributed by atoms with Gasteiger partial charge in [-0.15, -0.1) is 0 Å². The van der Waals surface area contributed by atoms with Crippen LogP contribution in [0.15, 0.2) is 76.2 Å². The van der Waals surface area contributed by atoms with E-state index in [9.17, 15) is 13.2 Å². The van der Waals surface area contributed by atoms with Gasteiger partial charge in [-0.2, -0.15) is 4.31 Å². The topological polar surface area (TPSA) is 79.6 Å². The lowest BCUT2D eigenvalue weighted by Gasteiger charge is -2.36. The van der Waals surface area contributed by atoms with Gasteiger partial charge in [-0.25, -0.2) is 8.42 Å². The third kappa shape index (κ3) is 4.73. The number of furan rings is 1. The summed E-state index contributed by atoms with van der Waals surface area (Å²) in [5.74, 6) is 0.615. The number of benzene rings is 2. The quantitative estimate of drug-likeness (QED) is 0.611. The molecular weight excluding hydrogens is 412 g/mol. The maximum atomic E-state index is 13.5. The van der Waals surface area contributed by atoms with E-state index in [0.717, 1.165) is 22.5 Å². The van der Waals surface area contributed by atoms with Crippen molar-refractivity contribution in [2.45, 2.75) is 37.1 Å². The molecule has 0 bridgehead atoms. The lowest BCUT2D eigenvalue weighted by atomic mass is 9.92. The number of rotatable bonds is 7. The lowest BCUT2D eigenvalue weighted by molar-refractivity contribution is -0.122. The highest BCUT2D eigenvalue weighted by atomic mass is 32.2. The van der Waals surface area contributed by atoms with E-state index in [4.69, 9.17) is 4.42 Å². The smallest absolute Gasteiger partial charge is 0.243 e. The van der Waals surface area contributed by atoms with Gasteiger partial charge >= 0.3 is 0 Å². The highest BCUT2D eigenvalue weighted by Gasteiger charge is 2.37.